The van der Waals surface area contributed by atoms with Crippen molar-refractivity contribution in [3.05, 3.63) is 51.7 Å². The van der Waals surface area contributed by atoms with Gasteiger partial charge in [-0.3, -0.25) is 0 Å². The highest BCUT2D eigenvalue weighted by Gasteiger charge is 2.10. The maximum atomic E-state index is 6.17. The quantitative estimate of drug-likeness (QED) is 0.688. The summed E-state index contributed by atoms with van der Waals surface area (Å²) in [5.41, 5.74) is 2.69. The Labute approximate surface area is 141 Å². The number of nitrogens with one attached hydrogen (secondary N) is 1. The molecule has 1 N–H and O–H groups in total. The second-order valence-electron chi connectivity index (χ2n) is 4.76. The van der Waals surface area contributed by atoms with Gasteiger partial charge in [-0.1, -0.05) is 17.7 Å². The smallest absolute Gasteiger partial charge is 0.141 e. The lowest BCUT2D eigenvalue weighted by Crippen LogP contribution is -1.98. The molecule has 3 aromatic rings. The average Bonchev–Trinajstić information content (AvgIpc) is 2.52. The summed E-state index contributed by atoms with van der Waals surface area (Å²) in [7, 11) is 1.63. The molecular weight excluding hydrogens is 366 g/mol. The second-order valence-corrected chi connectivity index (χ2v) is 6.03. The average molecular weight is 379 g/mol. The normalized spacial score (nSPS) is 10.7. The van der Waals surface area contributed by atoms with Gasteiger partial charge in [0.05, 0.1) is 17.1 Å². The molecule has 0 unspecified atom stereocenters. The first-order chi connectivity index (χ1) is 10.6. The van der Waals surface area contributed by atoms with Crippen LogP contribution >= 0.6 is 27.5 Å². The number of rotatable bonds is 3. The van der Waals surface area contributed by atoms with Crippen LogP contribution in [0.1, 0.15) is 5.56 Å². The lowest BCUT2D eigenvalue weighted by molar-refractivity contribution is 0.412. The zero-order valence-electron chi connectivity index (χ0n) is 12.0. The number of fused-ring (bicyclic) bond motifs is 1. The number of hydrogen-bond acceptors (Lipinski definition) is 4. The van der Waals surface area contributed by atoms with Crippen LogP contribution in [0, 0.1) is 6.92 Å². The largest absolute Gasteiger partial charge is 0.495 e. The van der Waals surface area contributed by atoms with E-state index >= 15 is 0 Å². The van der Waals surface area contributed by atoms with E-state index in [1.165, 1.54) is 6.33 Å². The number of methoxy groups -OCH3 is 1. The predicted octanol–water partition coefficient (Wildman–Crippen LogP) is 5.11. The van der Waals surface area contributed by atoms with E-state index in [1.54, 1.807) is 7.11 Å². The van der Waals surface area contributed by atoms with Gasteiger partial charge in [0.1, 0.15) is 17.9 Å². The number of halogens is 2. The van der Waals surface area contributed by atoms with Gasteiger partial charge in [-0.2, -0.15) is 0 Å². The summed E-state index contributed by atoms with van der Waals surface area (Å²) < 4.78 is 6.15. The van der Waals surface area contributed by atoms with Crippen LogP contribution in [-0.2, 0) is 0 Å². The van der Waals surface area contributed by atoms with E-state index in [0.717, 1.165) is 38.2 Å². The van der Waals surface area contributed by atoms with Gasteiger partial charge in [-0.05, 0) is 46.6 Å². The van der Waals surface area contributed by atoms with E-state index in [9.17, 15) is 0 Å². The Hall–Kier alpha value is -1.85. The minimum atomic E-state index is 0.714. The highest BCUT2D eigenvalue weighted by molar-refractivity contribution is 9.10. The zero-order chi connectivity index (χ0) is 15.7. The van der Waals surface area contributed by atoms with Crippen LogP contribution < -0.4 is 10.1 Å². The molecule has 1 aromatic heterocycles. The number of benzene rings is 2. The van der Waals surface area contributed by atoms with Crippen molar-refractivity contribution in [3.63, 3.8) is 0 Å². The Kier molecular flexibility index (Phi) is 4.18. The monoisotopic (exact) mass is 377 g/mol. The van der Waals surface area contributed by atoms with Gasteiger partial charge in [0, 0.05) is 22.2 Å². The molecule has 0 fully saturated rings. The molecule has 0 spiro atoms. The number of anilines is 2. The van der Waals surface area contributed by atoms with E-state index in [4.69, 9.17) is 16.3 Å². The molecule has 1 heterocycles. The molecular formula is C16H13BrClN3O. The summed E-state index contributed by atoms with van der Waals surface area (Å²) in [6.45, 7) is 1.97. The van der Waals surface area contributed by atoms with Crippen LogP contribution in [0.4, 0.5) is 11.5 Å². The molecule has 0 aliphatic carbocycles. The van der Waals surface area contributed by atoms with Gasteiger partial charge in [0.25, 0.3) is 0 Å². The van der Waals surface area contributed by atoms with Crippen molar-refractivity contribution >= 4 is 49.9 Å². The van der Waals surface area contributed by atoms with Crippen molar-refractivity contribution in [2.24, 2.45) is 0 Å². The standard InChI is InChI=1S/C16H13BrClN3O/c1-9-12(18)4-3-5-13(9)21-16-10-6-11(17)15(22-2)7-14(10)19-8-20-16/h3-8H,1-2H3,(H,19,20,21). The lowest BCUT2D eigenvalue weighted by Gasteiger charge is -2.12. The molecule has 22 heavy (non-hydrogen) atoms. The van der Waals surface area contributed by atoms with E-state index in [1.807, 2.05) is 37.3 Å². The SMILES string of the molecule is COc1cc2ncnc(Nc3cccc(Cl)c3C)c2cc1Br. The van der Waals surface area contributed by atoms with Crippen molar-refractivity contribution in [1.29, 1.82) is 0 Å². The minimum absolute atomic E-state index is 0.714. The molecule has 0 atom stereocenters. The second kappa shape index (κ2) is 6.10. The zero-order valence-corrected chi connectivity index (χ0v) is 14.4. The molecule has 2 aromatic carbocycles. The number of aromatic nitrogens is 2. The van der Waals surface area contributed by atoms with Crippen molar-refractivity contribution in [3.8, 4) is 5.75 Å². The van der Waals surface area contributed by atoms with Gasteiger partial charge in [0.2, 0.25) is 0 Å². The van der Waals surface area contributed by atoms with E-state index in [2.05, 4.69) is 31.2 Å². The fourth-order valence-electron chi connectivity index (χ4n) is 2.18. The first kappa shape index (κ1) is 15.1. The molecule has 6 heteroatoms. The first-order valence-electron chi connectivity index (χ1n) is 6.60. The van der Waals surface area contributed by atoms with E-state index in [-0.39, 0.29) is 0 Å². The molecule has 0 amide bonds. The third-order valence-electron chi connectivity index (χ3n) is 3.43. The Morgan fingerprint density at radius 3 is 2.82 bits per heavy atom. The minimum Gasteiger partial charge on any atom is -0.495 e. The first-order valence-corrected chi connectivity index (χ1v) is 7.77. The molecule has 3 rings (SSSR count). The van der Waals surface area contributed by atoms with Crippen molar-refractivity contribution in [1.82, 2.24) is 9.97 Å². The summed E-state index contributed by atoms with van der Waals surface area (Å²) in [4.78, 5) is 8.64. The molecule has 0 saturated heterocycles. The fraction of sp³-hybridized carbons (Fsp3) is 0.125. The molecule has 112 valence electrons. The maximum Gasteiger partial charge on any atom is 0.141 e. The molecule has 0 bridgehead atoms. The van der Waals surface area contributed by atoms with Crippen LogP contribution in [0.15, 0.2) is 41.1 Å². The van der Waals surface area contributed by atoms with Crippen molar-refractivity contribution < 1.29 is 4.74 Å². The summed E-state index contributed by atoms with van der Waals surface area (Å²) in [5, 5.41) is 4.94. The summed E-state index contributed by atoms with van der Waals surface area (Å²) in [5.74, 6) is 1.45. The van der Waals surface area contributed by atoms with Crippen LogP contribution in [0.5, 0.6) is 5.75 Å². The maximum absolute atomic E-state index is 6.17. The molecule has 0 radical (unpaired) electrons. The Morgan fingerprint density at radius 2 is 2.05 bits per heavy atom. The third-order valence-corrected chi connectivity index (χ3v) is 4.46. The van der Waals surface area contributed by atoms with Crippen LogP contribution in [0.2, 0.25) is 5.02 Å². The Balaban J connectivity index is 2.11. The molecule has 0 aliphatic rings. The Morgan fingerprint density at radius 1 is 1.23 bits per heavy atom. The molecule has 4 nitrogen and oxygen atoms in total. The third kappa shape index (κ3) is 2.74. The number of nitrogens with zero attached hydrogens (tertiary/aromatic N) is 2. The number of hydrogen-bond donors (Lipinski definition) is 1. The summed E-state index contributed by atoms with van der Waals surface area (Å²) >= 11 is 9.66. The highest BCUT2D eigenvalue weighted by atomic mass is 79.9. The van der Waals surface area contributed by atoms with E-state index < -0.39 is 0 Å². The topological polar surface area (TPSA) is 47.0 Å². The van der Waals surface area contributed by atoms with E-state index in [0.29, 0.717) is 5.02 Å². The highest BCUT2D eigenvalue weighted by Crippen LogP contribution is 2.33. The van der Waals surface area contributed by atoms with Crippen LogP contribution in [-0.4, -0.2) is 17.1 Å². The molecule has 0 aliphatic heterocycles. The van der Waals surface area contributed by atoms with Gasteiger partial charge in [-0.25, -0.2) is 9.97 Å². The summed E-state index contributed by atoms with van der Waals surface area (Å²) in [6, 6.07) is 9.54. The fourth-order valence-corrected chi connectivity index (χ4v) is 2.86. The van der Waals surface area contributed by atoms with Gasteiger partial charge in [-0.15, -0.1) is 0 Å². The van der Waals surface area contributed by atoms with Crippen molar-refractivity contribution in [2.45, 2.75) is 6.92 Å². The Bertz CT molecular complexity index is 854. The van der Waals surface area contributed by atoms with Gasteiger partial charge in [0.15, 0.2) is 0 Å². The molecule has 0 saturated carbocycles. The summed E-state index contributed by atoms with van der Waals surface area (Å²) in [6.07, 6.45) is 1.53. The van der Waals surface area contributed by atoms with Gasteiger partial charge >= 0.3 is 0 Å². The number of ether oxygens (including phenoxy) is 1. The van der Waals surface area contributed by atoms with Crippen LogP contribution in [0.25, 0.3) is 10.9 Å². The van der Waals surface area contributed by atoms with Crippen molar-refractivity contribution in [2.75, 3.05) is 12.4 Å². The van der Waals surface area contributed by atoms with Crippen LogP contribution in [0.3, 0.4) is 0 Å². The lowest BCUT2D eigenvalue weighted by atomic mass is 10.2. The predicted molar refractivity (Wildman–Crippen MR) is 93.3 cm³/mol. The van der Waals surface area contributed by atoms with Gasteiger partial charge < -0.3 is 10.1 Å².